The zero-order chi connectivity index (χ0) is 11.1. The van der Waals surface area contributed by atoms with Crippen LogP contribution in [-0.4, -0.2) is 32.0 Å². The van der Waals surface area contributed by atoms with Crippen LogP contribution in [-0.2, 0) is 6.54 Å². The van der Waals surface area contributed by atoms with Crippen molar-refractivity contribution >= 4 is 0 Å². The molecule has 3 N–H and O–H groups in total. The fourth-order valence-electron chi connectivity index (χ4n) is 1.95. The molecule has 84 valence electrons. The van der Waals surface area contributed by atoms with Crippen molar-refractivity contribution in [3.05, 3.63) is 11.6 Å². The first-order valence-electron chi connectivity index (χ1n) is 5.35. The van der Waals surface area contributed by atoms with Crippen LogP contribution in [0.25, 0.3) is 0 Å². The van der Waals surface area contributed by atoms with Crippen LogP contribution in [0, 0.1) is 19.8 Å². The molecule has 0 aromatic carbocycles. The maximum absolute atomic E-state index is 10.3. The molecule has 1 aromatic rings. The first kappa shape index (κ1) is 10.6. The zero-order valence-electron chi connectivity index (χ0n) is 9.27. The van der Waals surface area contributed by atoms with E-state index in [4.69, 9.17) is 5.73 Å². The Kier molecular flexibility index (Phi) is 2.52. The lowest BCUT2D eigenvalue weighted by Crippen LogP contribution is -2.44. The van der Waals surface area contributed by atoms with Gasteiger partial charge in [0.15, 0.2) is 0 Å². The van der Waals surface area contributed by atoms with Crippen molar-refractivity contribution in [2.75, 3.05) is 6.54 Å². The summed E-state index contributed by atoms with van der Waals surface area (Å²) in [7, 11) is 0. The number of nitrogens with zero attached hydrogens (tertiary/aromatic N) is 3. The van der Waals surface area contributed by atoms with Crippen LogP contribution in [0.5, 0.6) is 0 Å². The standard InChI is InChI=1S/C10H18N4O/c1-7-12-8(2)14(13-7)6-10(15,5-11)9-3-4-9/h9,15H,3-6,11H2,1-2H3. The van der Waals surface area contributed by atoms with Gasteiger partial charge in [0.1, 0.15) is 11.6 Å². The minimum atomic E-state index is -0.801. The van der Waals surface area contributed by atoms with Crippen LogP contribution >= 0.6 is 0 Å². The van der Waals surface area contributed by atoms with Crippen LogP contribution < -0.4 is 5.73 Å². The predicted molar refractivity (Wildman–Crippen MR) is 56.2 cm³/mol. The molecule has 5 heteroatoms. The van der Waals surface area contributed by atoms with E-state index in [1.165, 1.54) is 0 Å². The van der Waals surface area contributed by atoms with E-state index >= 15 is 0 Å². The molecule has 0 bridgehead atoms. The van der Waals surface area contributed by atoms with Crippen molar-refractivity contribution in [1.29, 1.82) is 0 Å². The Hall–Kier alpha value is -0.940. The Morgan fingerprint density at radius 2 is 2.20 bits per heavy atom. The van der Waals surface area contributed by atoms with Gasteiger partial charge >= 0.3 is 0 Å². The van der Waals surface area contributed by atoms with Gasteiger partial charge in [0.2, 0.25) is 0 Å². The lowest BCUT2D eigenvalue weighted by molar-refractivity contribution is 0.00555. The summed E-state index contributed by atoms with van der Waals surface area (Å²) in [5.41, 5.74) is 4.84. The van der Waals surface area contributed by atoms with Crippen LogP contribution in [0.4, 0.5) is 0 Å². The fraction of sp³-hybridized carbons (Fsp3) is 0.800. The molecular weight excluding hydrogens is 192 g/mol. The molecule has 1 fully saturated rings. The zero-order valence-corrected chi connectivity index (χ0v) is 9.27. The smallest absolute Gasteiger partial charge is 0.147 e. The Morgan fingerprint density at radius 1 is 1.53 bits per heavy atom. The molecule has 15 heavy (non-hydrogen) atoms. The van der Waals surface area contributed by atoms with E-state index < -0.39 is 5.60 Å². The number of hydrogen-bond donors (Lipinski definition) is 2. The summed E-state index contributed by atoms with van der Waals surface area (Å²) in [4.78, 5) is 4.21. The summed E-state index contributed by atoms with van der Waals surface area (Å²) in [6.07, 6.45) is 2.14. The molecule has 1 aliphatic carbocycles. The second-order valence-corrected chi connectivity index (χ2v) is 4.45. The third-order valence-electron chi connectivity index (χ3n) is 3.08. The number of hydrogen-bond acceptors (Lipinski definition) is 4. The van der Waals surface area contributed by atoms with Gasteiger partial charge in [0.25, 0.3) is 0 Å². The number of nitrogens with two attached hydrogens (primary N) is 1. The maximum Gasteiger partial charge on any atom is 0.147 e. The van der Waals surface area contributed by atoms with Crippen molar-refractivity contribution in [1.82, 2.24) is 14.8 Å². The van der Waals surface area contributed by atoms with Crippen molar-refractivity contribution in [3.8, 4) is 0 Å². The molecule has 1 unspecified atom stereocenters. The van der Waals surface area contributed by atoms with Gasteiger partial charge < -0.3 is 10.8 Å². The third-order valence-corrected chi connectivity index (χ3v) is 3.08. The minimum Gasteiger partial charge on any atom is -0.386 e. The average molecular weight is 210 g/mol. The molecule has 5 nitrogen and oxygen atoms in total. The summed E-state index contributed by atoms with van der Waals surface area (Å²) >= 11 is 0. The second kappa shape index (κ2) is 3.57. The largest absolute Gasteiger partial charge is 0.386 e. The predicted octanol–water partition coefficient (Wildman–Crippen LogP) is -0.00526. The molecule has 1 heterocycles. The molecule has 0 aliphatic heterocycles. The average Bonchev–Trinajstić information content (AvgIpc) is 2.96. The molecule has 1 aliphatic rings. The summed E-state index contributed by atoms with van der Waals surface area (Å²) in [6.45, 7) is 4.49. The normalized spacial score (nSPS) is 20.3. The van der Waals surface area contributed by atoms with Crippen LogP contribution in [0.15, 0.2) is 0 Å². The lowest BCUT2D eigenvalue weighted by atomic mass is 9.98. The molecule has 0 spiro atoms. The van der Waals surface area contributed by atoms with Gasteiger partial charge in [0, 0.05) is 6.54 Å². The molecule has 1 atom stereocenters. The van der Waals surface area contributed by atoms with Crippen molar-refractivity contribution in [2.24, 2.45) is 11.7 Å². The van der Waals surface area contributed by atoms with E-state index in [1.54, 1.807) is 4.68 Å². The monoisotopic (exact) mass is 210 g/mol. The fourth-order valence-corrected chi connectivity index (χ4v) is 1.95. The van der Waals surface area contributed by atoms with E-state index in [0.717, 1.165) is 24.5 Å². The van der Waals surface area contributed by atoms with Gasteiger partial charge in [-0.15, -0.1) is 0 Å². The number of aryl methyl sites for hydroxylation is 2. The third kappa shape index (κ3) is 2.03. The number of aromatic nitrogens is 3. The highest BCUT2D eigenvalue weighted by atomic mass is 16.3. The van der Waals surface area contributed by atoms with E-state index in [2.05, 4.69) is 10.1 Å². The van der Waals surface area contributed by atoms with Gasteiger partial charge in [-0.1, -0.05) is 0 Å². The Bertz CT molecular complexity index is 358. The number of rotatable bonds is 4. The summed E-state index contributed by atoms with van der Waals surface area (Å²) in [5, 5.41) is 14.6. The minimum absolute atomic E-state index is 0.288. The maximum atomic E-state index is 10.3. The number of aliphatic hydroxyl groups is 1. The van der Waals surface area contributed by atoms with Gasteiger partial charge in [-0.3, -0.25) is 0 Å². The first-order chi connectivity index (χ1) is 7.05. The van der Waals surface area contributed by atoms with E-state index in [9.17, 15) is 5.11 Å². The Labute approximate surface area is 89.3 Å². The van der Waals surface area contributed by atoms with Crippen molar-refractivity contribution < 1.29 is 5.11 Å². The van der Waals surface area contributed by atoms with Crippen LogP contribution in [0.1, 0.15) is 24.5 Å². The molecule has 0 radical (unpaired) electrons. The summed E-state index contributed by atoms with van der Waals surface area (Å²) in [5.74, 6) is 1.91. The second-order valence-electron chi connectivity index (χ2n) is 4.45. The molecule has 0 amide bonds. The highest BCUT2D eigenvalue weighted by Crippen LogP contribution is 2.40. The topological polar surface area (TPSA) is 77.0 Å². The van der Waals surface area contributed by atoms with Crippen molar-refractivity contribution in [2.45, 2.75) is 38.8 Å². The molecule has 1 saturated carbocycles. The van der Waals surface area contributed by atoms with E-state index in [-0.39, 0.29) is 6.54 Å². The summed E-state index contributed by atoms with van der Waals surface area (Å²) in [6, 6.07) is 0. The van der Waals surface area contributed by atoms with Crippen LogP contribution in [0.2, 0.25) is 0 Å². The summed E-state index contributed by atoms with van der Waals surface area (Å²) < 4.78 is 1.75. The van der Waals surface area contributed by atoms with Crippen LogP contribution in [0.3, 0.4) is 0 Å². The SMILES string of the molecule is Cc1nc(C)n(CC(O)(CN)C2CC2)n1. The highest BCUT2D eigenvalue weighted by molar-refractivity contribution is 4.98. The van der Waals surface area contributed by atoms with Gasteiger partial charge in [0.05, 0.1) is 12.1 Å². The van der Waals surface area contributed by atoms with E-state index in [0.29, 0.717) is 12.5 Å². The van der Waals surface area contributed by atoms with Gasteiger partial charge in [-0.05, 0) is 32.6 Å². The van der Waals surface area contributed by atoms with E-state index in [1.807, 2.05) is 13.8 Å². The molecule has 0 saturated heterocycles. The Balaban J connectivity index is 2.15. The van der Waals surface area contributed by atoms with Gasteiger partial charge in [-0.25, -0.2) is 9.67 Å². The lowest BCUT2D eigenvalue weighted by Gasteiger charge is -2.26. The quantitative estimate of drug-likeness (QED) is 0.733. The molecule has 1 aromatic heterocycles. The molecule has 2 rings (SSSR count). The van der Waals surface area contributed by atoms with Crippen molar-refractivity contribution in [3.63, 3.8) is 0 Å². The first-order valence-corrected chi connectivity index (χ1v) is 5.35. The van der Waals surface area contributed by atoms with Gasteiger partial charge in [-0.2, -0.15) is 5.10 Å². The Morgan fingerprint density at radius 3 is 2.60 bits per heavy atom. The highest BCUT2D eigenvalue weighted by Gasteiger charge is 2.43. The molecular formula is C10H18N4O.